The van der Waals surface area contributed by atoms with Crippen LogP contribution in [0.1, 0.15) is 12.1 Å². The number of aryl methyl sites for hydroxylation is 1. The molecule has 0 aliphatic carbocycles. The van der Waals surface area contributed by atoms with Gasteiger partial charge in [0.2, 0.25) is 0 Å². The van der Waals surface area contributed by atoms with Crippen molar-refractivity contribution < 1.29 is 31.8 Å². The number of fused-ring (bicyclic) bond motifs is 1. The summed E-state index contributed by atoms with van der Waals surface area (Å²) in [7, 11) is -3.13. The minimum Gasteiger partial charge on any atom is -0.385 e. The molecule has 0 spiro atoms. The Bertz CT molecular complexity index is 969. The van der Waals surface area contributed by atoms with Crippen LogP contribution in [0.15, 0.2) is 6.33 Å². The van der Waals surface area contributed by atoms with E-state index >= 15 is 0 Å². The number of nitrogens with two attached hydrogens (primary N) is 2. The molecule has 0 amide bonds. The highest BCUT2D eigenvalue weighted by Gasteiger charge is 2.48. The topological polar surface area (TPSA) is 201 Å². The molecule has 2 aromatic heterocycles. The Kier molecular flexibility index (Phi) is 6.30. The summed E-state index contributed by atoms with van der Waals surface area (Å²) in [5.74, 6) is 5.57. The van der Waals surface area contributed by atoms with Gasteiger partial charge in [-0.2, -0.15) is 8.42 Å². The van der Waals surface area contributed by atoms with E-state index in [0.717, 1.165) is 0 Å². The standard InChI is InChI=1S/C14H23N7O7S/c1-7-19-9-12(15)17-6-18-13(9)21(7)14-10(22)11(28-29(23,24)25)8(27-14)5-20(2)3-4-26-16/h6,8,10-11,14,22H,3-5,16H2,1-2H3,(H2,15,17,18)(H,23,24,25)/t8-,10-,11-,14-/m1/s1. The third kappa shape index (κ3) is 4.62. The van der Waals surface area contributed by atoms with Gasteiger partial charge in [-0.05, 0) is 14.0 Å². The fourth-order valence-electron chi connectivity index (χ4n) is 3.29. The van der Waals surface area contributed by atoms with Crippen molar-refractivity contribution in [3.8, 4) is 0 Å². The van der Waals surface area contributed by atoms with Crippen LogP contribution in [0, 0.1) is 6.92 Å². The van der Waals surface area contributed by atoms with Crippen molar-refractivity contribution >= 4 is 27.4 Å². The number of hydrogen-bond donors (Lipinski definition) is 4. The summed E-state index contributed by atoms with van der Waals surface area (Å²) in [4.78, 5) is 18.6. The van der Waals surface area contributed by atoms with Crippen LogP contribution in [0.4, 0.5) is 5.82 Å². The second kappa shape index (κ2) is 8.41. The summed E-state index contributed by atoms with van der Waals surface area (Å²) in [6.45, 7) is 2.43. The summed E-state index contributed by atoms with van der Waals surface area (Å²) >= 11 is 0. The fourth-order valence-corrected chi connectivity index (χ4v) is 3.80. The van der Waals surface area contributed by atoms with Crippen LogP contribution in [0.3, 0.4) is 0 Å². The van der Waals surface area contributed by atoms with Crippen LogP contribution < -0.4 is 11.6 Å². The molecule has 0 aromatic carbocycles. The number of ether oxygens (including phenoxy) is 1. The number of likely N-dealkylation sites (N-methyl/N-ethyl adjacent to an activating group) is 1. The zero-order chi connectivity index (χ0) is 21.3. The molecule has 6 N–H and O–H groups in total. The van der Waals surface area contributed by atoms with Crippen LogP contribution in [0.25, 0.3) is 11.2 Å². The zero-order valence-electron chi connectivity index (χ0n) is 15.7. The van der Waals surface area contributed by atoms with E-state index in [1.54, 1.807) is 18.9 Å². The van der Waals surface area contributed by atoms with Crippen LogP contribution in [-0.4, -0.2) is 87.6 Å². The van der Waals surface area contributed by atoms with Crippen molar-refractivity contribution in [2.45, 2.75) is 31.5 Å². The van der Waals surface area contributed by atoms with Crippen molar-refractivity contribution in [1.29, 1.82) is 0 Å². The van der Waals surface area contributed by atoms with Crippen molar-refractivity contribution in [3.05, 3.63) is 12.2 Å². The van der Waals surface area contributed by atoms with E-state index in [1.165, 1.54) is 10.9 Å². The second-order valence-electron chi connectivity index (χ2n) is 6.64. The first-order valence-electron chi connectivity index (χ1n) is 8.57. The Morgan fingerprint density at radius 2 is 2.14 bits per heavy atom. The molecule has 1 fully saturated rings. The van der Waals surface area contributed by atoms with Gasteiger partial charge in [-0.3, -0.25) is 9.12 Å². The molecule has 14 nitrogen and oxygen atoms in total. The van der Waals surface area contributed by atoms with Crippen molar-refractivity contribution in [1.82, 2.24) is 24.4 Å². The smallest absolute Gasteiger partial charge is 0.385 e. The van der Waals surface area contributed by atoms with Gasteiger partial charge in [0.25, 0.3) is 0 Å². The molecular weight excluding hydrogens is 410 g/mol. The van der Waals surface area contributed by atoms with Crippen LogP contribution in [0.5, 0.6) is 0 Å². The van der Waals surface area contributed by atoms with Gasteiger partial charge >= 0.3 is 10.4 Å². The van der Waals surface area contributed by atoms with E-state index in [2.05, 4.69) is 19.8 Å². The number of nitrogen functional groups attached to an aromatic ring is 1. The molecule has 4 atom stereocenters. The molecule has 3 rings (SSSR count). The van der Waals surface area contributed by atoms with Crippen LogP contribution in [0.2, 0.25) is 0 Å². The molecule has 1 saturated heterocycles. The van der Waals surface area contributed by atoms with E-state index in [1.807, 2.05) is 0 Å². The first-order valence-corrected chi connectivity index (χ1v) is 9.93. The van der Waals surface area contributed by atoms with E-state index in [0.29, 0.717) is 23.5 Å². The summed E-state index contributed by atoms with van der Waals surface area (Å²) in [5, 5.41) is 10.8. The van der Waals surface area contributed by atoms with Crippen molar-refractivity contribution in [2.24, 2.45) is 5.90 Å². The first-order chi connectivity index (χ1) is 13.6. The van der Waals surface area contributed by atoms with E-state index in [-0.39, 0.29) is 19.0 Å². The normalized spacial score (nSPS) is 25.3. The summed E-state index contributed by atoms with van der Waals surface area (Å²) in [6.07, 6.45) is -3.62. The second-order valence-corrected chi connectivity index (χ2v) is 7.69. The molecule has 3 heterocycles. The van der Waals surface area contributed by atoms with Crippen LogP contribution in [-0.2, 0) is 24.2 Å². The number of imidazole rings is 1. The molecule has 0 bridgehead atoms. The lowest BCUT2D eigenvalue weighted by Crippen LogP contribution is -2.42. The third-order valence-corrected chi connectivity index (χ3v) is 5.03. The maximum atomic E-state index is 11.3. The summed E-state index contributed by atoms with van der Waals surface area (Å²) < 4.78 is 43.9. The minimum absolute atomic E-state index is 0.146. The molecule has 0 radical (unpaired) electrons. The van der Waals surface area contributed by atoms with Gasteiger partial charge in [0.05, 0.1) is 6.61 Å². The van der Waals surface area contributed by atoms with E-state index < -0.39 is 34.9 Å². The zero-order valence-corrected chi connectivity index (χ0v) is 16.6. The van der Waals surface area contributed by atoms with E-state index in [9.17, 15) is 13.5 Å². The SMILES string of the molecule is Cc1nc2c(N)ncnc2n1[C@@H]1O[C@H](CN(C)CCON)[C@@H](OS(=O)(=O)O)[C@H]1O. The predicted molar refractivity (Wildman–Crippen MR) is 98.4 cm³/mol. The van der Waals surface area contributed by atoms with Crippen molar-refractivity contribution in [3.63, 3.8) is 0 Å². The van der Waals surface area contributed by atoms with Gasteiger partial charge < -0.3 is 25.3 Å². The van der Waals surface area contributed by atoms with E-state index in [4.69, 9.17) is 25.1 Å². The number of aromatic nitrogens is 4. The third-order valence-electron chi connectivity index (χ3n) is 4.56. The largest absolute Gasteiger partial charge is 0.397 e. The van der Waals surface area contributed by atoms with Gasteiger partial charge in [-0.1, -0.05) is 0 Å². The molecule has 162 valence electrons. The molecule has 0 unspecified atom stereocenters. The maximum absolute atomic E-state index is 11.3. The maximum Gasteiger partial charge on any atom is 0.397 e. The summed E-state index contributed by atoms with van der Waals surface area (Å²) in [6, 6.07) is 0. The Hall–Kier alpha value is -1.98. The average Bonchev–Trinajstić information content (AvgIpc) is 3.10. The number of aliphatic hydroxyl groups is 1. The molecule has 1 aliphatic heterocycles. The number of aliphatic hydroxyl groups excluding tert-OH is 1. The minimum atomic E-state index is -4.85. The van der Waals surface area contributed by atoms with Gasteiger partial charge in [0.1, 0.15) is 30.5 Å². The average molecular weight is 433 g/mol. The molecule has 0 saturated carbocycles. The summed E-state index contributed by atoms with van der Waals surface area (Å²) in [5.41, 5.74) is 6.44. The highest BCUT2D eigenvalue weighted by atomic mass is 32.3. The number of hydrogen-bond acceptors (Lipinski definition) is 12. The van der Waals surface area contributed by atoms with Gasteiger partial charge in [0, 0.05) is 13.1 Å². The lowest BCUT2D eigenvalue weighted by Gasteiger charge is -2.23. The Morgan fingerprint density at radius 3 is 2.79 bits per heavy atom. The van der Waals surface area contributed by atoms with Gasteiger partial charge in [0.15, 0.2) is 23.2 Å². The Balaban J connectivity index is 1.94. The van der Waals surface area contributed by atoms with Crippen LogP contribution >= 0.6 is 0 Å². The first kappa shape index (κ1) is 21.7. The lowest BCUT2D eigenvalue weighted by atomic mass is 10.1. The molecule has 2 aromatic rings. The Labute approximate surface area is 166 Å². The lowest BCUT2D eigenvalue weighted by molar-refractivity contribution is -0.0443. The molecular formula is C14H23N7O7S. The molecule has 1 aliphatic rings. The molecule has 15 heteroatoms. The number of rotatable bonds is 8. The quantitative estimate of drug-likeness (QED) is 0.263. The monoisotopic (exact) mass is 433 g/mol. The highest BCUT2D eigenvalue weighted by molar-refractivity contribution is 7.80. The predicted octanol–water partition coefficient (Wildman–Crippen LogP) is -2.01. The molecule has 29 heavy (non-hydrogen) atoms. The highest BCUT2D eigenvalue weighted by Crippen LogP contribution is 2.35. The fraction of sp³-hybridized carbons (Fsp3) is 0.643. The number of anilines is 1. The van der Waals surface area contributed by atoms with Gasteiger partial charge in [-0.25, -0.2) is 25.0 Å². The van der Waals surface area contributed by atoms with Crippen molar-refractivity contribution in [2.75, 3.05) is 32.5 Å². The van der Waals surface area contributed by atoms with Gasteiger partial charge in [-0.15, -0.1) is 0 Å². The Morgan fingerprint density at radius 1 is 1.41 bits per heavy atom. The number of nitrogens with zero attached hydrogens (tertiary/aromatic N) is 5.